The predicted octanol–water partition coefficient (Wildman–Crippen LogP) is 3.63. The number of hydrogen-bond acceptors (Lipinski definition) is 2. The van der Waals surface area contributed by atoms with Crippen LogP contribution in [0, 0.1) is 0 Å². The van der Waals surface area contributed by atoms with Gasteiger partial charge in [0, 0.05) is 0 Å². The van der Waals surface area contributed by atoms with E-state index < -0.39 is 0 Å². The first-order valence-electron chi connectivity index (χ1n) is 6.75. The molecule has 0 amide bonds. The molecule has 1 aromatic carbocycles. The van der Waals surface area contributed by atoms with Crippen LogP contribution in [0.25, 0.3) is 0 Å². The van der Waals surface area contributed by atoms with E-state index in [4.69, 9.17) is 4.74 Å². The molecule has 2 rings (SSSR count). The fourth-order valence-corrected chi connectivity index (χ4v) is 2.38. The van der Waals surface area contributed by atoms with Crippen LogP contribution in [0.4, 0.5) is 0 Å². The van der Waals surface area contributed by atoms with Gasteiger partial charge in [-0.25, -0.2) is 0 Å². The first kappa shape index (κ1) is 12.4. The van der Waals surface area contributed by atoms with Gasteiger partial charge >= 0.3 is 0 Å². The summed E-state index contributed by atoms with van der Waals surface area (Å²) in [5.41, 5.74) is 2.34. The van der Waals surface area contributed by atoms with Crippen molar-refractivity contribution in [1.82, 2.24) is 0 Å². The van der Waals surface area contributed by atoms with Crippen LogP contribution < -0.4 is 4.74 Å². The van der Waals surface area contributed by atoms with Gasteiger partial charge in [0.1, 0.15) is 5.75 Å². The molecule has 0 aromatic heterocycles. The Morgan fingerprint density at radius 1 is 1.29 bits per heavy atom. The third kappa shape index (κ3) is 3.22. The first-order valence-corrected chi connectivity index (χ1v) is 6.75. The summed E-state index contributed by atoms with van der Waals surface area (Å²) in [6, 6.07) is 6.08. The topological polar surface area (TPSA) is 29.5 Å². The fourth-order valence-electron chi connectivity index (χ4n) is 2.38. The highest BCUT2D eigenvalue weighted by Gasteiger charge is 2.20. The van der Waals surface area contributed by atoms with Gasteiger partial charge in [-0.05, 0) is 42.5 Å². The van der Waals surface area contributed by atoms with E-state index in [1.807, 2.05) is 12.1 Å². The van der Waals surface area contributed by atoms with Crippen molar-refractivity contribution in [3.05, 3.63) is 29.3 Å². The molecule has 1 aromatic rings. The van der Waals surface area contributed by atoms with Gasteiger partial charge in [0.25, 0.3) is 0 Å². The molecule has 0 unspecified atom stereocenters. The van der Waals surface area contributed by atoms with E-state index >= 15 is 0 Å². The van der Waals surface area contributed by atoms with Crippen molar-refractivity contribution in [2.45, 2.75) is 51.6 Å². The van der Waals surface area contributed by atoms with Crippen LogP contribution >= 0.6 is 0 Å². The summed E-state index contributed by atoms with van der Waals surface area (Å²) in [7, 11) is 0. The average Bonchev–Trinajstić information content (AvgIpc) is 2.71. The summed E-state index contributed by atoms with van der Waals surface area (Å²) in [5.74, 6) is 0.953. The third-order valence-corrected chi connectivity index (χ3v) is 3.43. The fraction of sp³-hybridized carbons (Fsp3) is 0.600. The molecule has 94 valence electrons. The van der Waals surface area contributed by atoms with E-state index in [0.717, 1.165) is 37.2 Å². The maximum atomic E-state index is 9.70. The zero-order chi connectivity index (χ0) is 12.1. The Labute approximate surface area is 104 Å². The van der Waals surface area contributed by atoms with E-state index in [2.05, 4.69) is 13.0 Å². The number of aliphatic hydroxyl groups excluding tert-OH is 1. The van der Waals surface area contributed by atoms with E-state index in [-0.39, 0.29) is 6.10 Å². The third-order valence-electron chi connectivity index (χ3n) is 3.43. The second-order valence-corrected chi connectivity index (χ2v) is 4.82. The summed E-state index contributed by atoms with van der Waals surface area (Å²) < 4.78 is 5.73. The smallest absolute Gasteiger partial charge is 0.119 e. The van der Waals surface area contributed by atoms with Crippen LogP contribution in [0.5, 0.6) is 5.75 Å². The second kappa shape index (κ2) is 6.06. The Bertz CT molecular complexity index is 360. The highest BCUT2D eigenvalue weighted by Crippen LogP contribution is 2.33. The van der Waals surface area contributed by atoms with Gasteiger partial charge in [0.2, 0.25) is 0 Å². The molecule has 0 aliphatic heterocycles. The van der Waals surface area contributed by atoms with Gasteiger partial charge in [-0.3, -0.25) is 0 Å². The Morgan fingerprint density at radius 2 is 2.18 bits per heavy atom. The number of hydrogen-bond donors (Lipinski definition) is 1. The number of benzene rings is 1. The number of rotatable bonds is 6. The molecule has 17 heavy (non-hydrogen) atoms. The largest absolute Gasteiger partial charge is 0.494 e. The molecule has 0 saturated carbocycles. The summed E-state index contributed by atoms with van der Waals surface area (Å²) in [6.07, 6.45) is 6.51. The van der Waals surface area contributed by atoms with E-state index in [9.17, 15) is 5.11 Å². The summed E-state index contributed by atoms with van der Waals surface area (Å²) in [6.45, 7) is 3.02. The van der Waals surface area contributed by atoms with Crippen LogP contribution in [0.15, 0.2) is 18.2 Å². The SMILES string of the molecule is CCCCCCOc1ccc2c(c1)CC[C@@H]2O. The lowest BCUT2D eigenvalue weighted by Crippen LogP contribution is -1.98. The maximum Gasteiger partial charge on any atom is 0.119 e. The predicted molar refractivity (Wildman–Crippen MR) is 69.4 cm³/mol. The average molecular weight is 234 g/mol. The highest BCUT2D eigenvalue weighted by molar-refractivity contribution is 5.39. The van der Waals surface area contributed by atoms with Gasteiger partial charge in [0.05, 0.1) is 12.7 Å². The molecule has 0 heterocycles. The monoisotopic (exact) mass is 234 g/mol. The van der Waals surface area contributed by atoms with Gasteiger partial charge in [-0.15, -0.1) is 0 Å². The molecule has 0 radical (unpaired) electrons. The highest BCUT2D eigenvalue weighted by atomic mass is 16.5. The molecule has 0 spiro atoms. The molecule has 0 saturated heterocycles. The summed E-state index contributed by atoms with van der Waals surface area (Å²) >= 11 is 0. The Kier molecular flexibility index (Phi) is 4.43. The van der Waals surface area contributed by atoms with Crippen LogP contribution in [-0.2, 0) is 6.42 Å². The van der Waals surface area contributed by atoms with Crippen LogP contribution in [0.3, 0.4) is 0 Å². The van der Waals surface area contributed by atoms with Gasteiger partial charge < -0.3 is 9.84 Å². The molecule has 1 aliphatic carbocycles. The molecule has 2 nitrogen and oxygen atoms in total. The molecule has 0 bridgehead atoms. The zero-order valence-electron chi connectivity index (χ0n) is 10.6. The second-order valence-electron chi connectivity index (χ2n) is 4.82. The Hall–Kier alpha value is -1.02. The molecule has 2 heteroatoms. The molecular formula is C15H22O2. The quantitative estimate of drug-likeness (QED) is 0.762. The lowest BCUT2D eigenvalue weighted by Gasteiger charge is -2.08. The van der Waals surface area contributed by atoms with Crippen molar-refractivity contribution in [3.8, 4) is 5.75 Å². The number of fused-ring (bicyclic) bond motifs is 1. The van der Waals surface area contributed by atoms with Gasteiger partial charge in [-0.2, -0.15) is 0 Å². The summed E-state index contributed by atoms with van der Waals surface area (Å²) in [5, 5.41) is 9.70. The number of aliphatic hydroxyl groups is 1. The van der Waals surface area contributed by atoms with E-state index in [1.54, 1.807) is 0 Å². The van der Waals surface area contributed by atoms with E-state index in [1.165, 1.54) is 24.8 Å². The zero-order valence-corrected chi connectivity index (χ0v) is 10.6. The lowest BCUT2D eigenvalue weighted by atomic mass is 10.1. The standard InChI is InChI=1S/C15H22O2/c1-2-3-4-5-10-17-13-7-8-14-12(11-13)6-9-15(14)16/h7-8,11,15-16H,2-6,9-10H2,1H3/t15-/m0/s1. The van der Waals surface area contributed by atoms with Crippen molar-refractivity contribution in [3.63, 3.8) is 0 Å². The molecule has 1 N–H and O–H groups in total. The normalized spacial score (nSPS) is 18.1. The number of ether oxygens (including phenoxy) is 1. The van der Waals surface area contributed by atoms with Crippen LogP contribution in [-0.4, -0.2) is 11.7 Å². The number of unbranched alkanes of at least 4 members (excludes halogenated alkanes) is 3. The minimum Gasteiger partial charge on any atom is -0.494 e. The molecule has 0 fully saturated rings. The maximum absolute atomic E-state index is 9.70. The van der Waals surface area contributed by atoms with Crippen molar-refractivity contribution >= 4 is 0 Å². The molecule has 1 aliphatic rings. The Balaban J connectivity index is 1.82. The van der Waals surface area contributed by atoms with Crippen LogP contribution in [0.1, 0.15) is 56.3 Å². The van der Waals surface area contributed by atoms with Crippen molar-refractivity contribution in [2.75, 3.05) is 6.61 Å². The Morgan fingerprint density at radius 3 is 3.00 bits per heavy atom. The van der Waals surface area contributed by atoms with Crippen molar-refractivity contribution in [1.29, 1.82) is 0 Å². The van der Waals surface area contributed by atoms with Crippen LogP contribution in [0.2, 0.25) is 0 Å². The van der Waals surface area contributed by atoms with Crippen molar-refractivity contribution in [2.24, 2.45) is 0 Å². The van der Waals surface area contributed by atoms with Gasteiger partial charge in [0.15, 0.2) is 0 Å². The van der Waals surface area contributed by atoms with Crippen molar-refractivity contribution < 1.29 is 9.84 Å². The minimum atomic E-state index is -0.261. The van der Waals surface area contributed by atoms with E-state index in [0.29, 0.717) is 0 Å². The van der Waals surface area contributed by atoms with Gasteiger partial charge in [-0.1, -0.05) is 32.3 Å². The lowest BCUT2D eigenvalue weighted by molar-refractivity contribution is 0.180. The summed E-state index contributed by atoms with van der Waals surface area (Å²) in [4.78, 5) is 0. The minimum absolute atomic E-state index is 0.261. The molecular weight excluding hydrogens is 212 g/mol. The molecule has 1 atom stereocenters. The first-order chi connectivity index (χ1) is 8.31. The number of aryl methyl sites for hydroxylation is 1.